The predicted octanol–water partition coefficient (Wildman–Crippen LogP) is 3.50. The molecule has 7 nitrogen and oxygen atoms in total. The molecule has 34 heavy (non-hydrogen) atoms. The minimum Gasteiger partial charge on any atom is -0.358 e. The SMILES string of the molecule is C=CCN1C[C@H](C(=O)N(CCCN(C)C)C(=O)NCC)CC2c3cccc4[nH]c(C)c(c34)C[C@H]21. The van der Waals surface area contributed by atoms with E-state index in [9.17, 15) is 9.59 Å². The van der Waals surface area contributed by atoms with E-state index in [4.69, 9.17) is 0 Å². The summed E-state index contributed by atoms with van der Waals surface area (Å²) < 4.78 is 0. The Hall–Kier alpha value is -2.64. The summed E-state index contributed by atoms with van der Waals surface area (Å²) in [6.45, 7) is 11.2. The van der Waals surface area contributed by atoms with Crippen molar-refractivity contribution >= 4 is 22.8 Å². The van der Waals surface area contributed by atoms with Crippen LogP contribution < -0.4 is 5.32 Å². The molecular formula is C27H39N5O2. The van der Waals surface area contributed by atoms with Gasteiger partial charge in [0.1, 0.15) is 0 Å². The van der Waals surface area contributed by atoms with Gasteiger partial charge in [0, 0.05) is 54.7 Å². The molecule has 0 saturated carbocycles. The van der Waals surface area contributed by atoms with Crippen molar-refractivity contribution in [1.82, 2.24) is 25.0 Å². The number of H-pyrrole nitrogens is 1. The highest BCUT2D eigenvalue weighted by Crippen LogP contribution is 2.46. The monoisotopic (exact) mass is 465 g/mol. The number of likely N-dealkylation sites (tertiary alicyclic amines) is 1. The predicted molar refractivity (Wildman–Crippen MR) is 137 cm³/mol. The normalized spacial score (nSPS) is 22.0. The fourth-order valence-corrected chi connectivity index (χ4v) is 5.94. The summed E-state index contributed by atoms with van der Waals surface area (Å²) in [6.07, 6.45) is 4.44. The topological polar surface area (TPSA) is 71.7 Å². The van der Waals surface area contributed by atoms with Gasteiger partial charge >= 0.3 is 6.03 Å². The Morgan fingerprint density at radius 1 is 1.29 bits per heavy atom. The molecule has 7 heteroatoms. The molecule has 1 aromatic carbocycles. The van der Waals surface area contributed by atoms with Crippen molar-refractivity contribution < 1.29 is 9.59 Å². The lowest BCUT2D eigenvalue weighted by Gasteiger charge is -2.47. The van der Waals surface area contributed by atoms with Crippen LogP contribution in [0.3, 0.4) is 0 Å². The molecule has 1 fully saturated rings. The highest BCUT2D eigenvalue weighted by Gasteiger charge is 2.44. The van der Waals surface area contributed by atoms with Gasteiger partial charge in [-0.3, -0.25) is 14.6 Å². The number of aromatic amines is 1. The molecular weight excluding hydrogens is 426 g/mol. The van der Waals surface area contributed by atoms with Crippen LogP contribution in [0.4, 0.5) is 4.79 Å². The number of benzene rings is 1. The van der Waals surface area contributed by atoms with Gasteiger partial charge in [-0.1, -0.05) is 18.2 Å². The van der Waals surface area contributed by atoms with Crippen molar-refractivity contribution in [2.45, 2.75) is 45.1 Å². The summed E-state index contributed by atoms with van der Waals surface area (Å²) in [7, 11) is 4.01. The number of rotatable bonds is 8. The van der Waals surface area contributed by atoms with Crippen molar-refractivity contribution in [3.05, 3.63) is 47.7 Å². The molecule has 1 aliphatic heterocycles. The number of hydrogen-bond acceptors (Lipinski definition) is 4. The first kappa shape index (κ1) is 24.5. The number of carbonyl (C=O) groups excluding carboxylic acids is 2. The zero-order valence-corrected chi connectivity index (χ0v) is 21.1. The summed E-state index contributed by atoms with van der Waals surface area (Å²) in [5.74, 6) is -0.0210. The summed E-state index contributed by atoms with van der Waals surface area (Å²) in [4.78, 5) is 36.2. The zero-order valence-electron chi connectivity index (χ0n) is 21.1. The summed E-state index contributed by atoms with van der Waals surface area (Å²) in [5, 5.41) is 4.18. The molecule has 0 bridgehead atoms. The van der Waals surface area contributed by atoms with Gasteiger partial charge < -0.3 is 15.2 Å². The first-order valence-corrected chi connectivity index (χ1v) is 12.5. The number of nitrogens with one attached hydrogen (secondary N) is 2. The molecule has 1 saturated heterocycles. The van der Waals surface area contributed by atoms with Crippen LogP contribution in [0, 0.1) is 12.8 Å². The van der Waals surface area contributed by atoms with Crippen LogP contribution in [0.15, 0.2) is 30.9 Å². The molecule has 0 spiro atoms. The van der Waals surface area contributed by atoms with E-state index < -0.39 is 0 Å². The van der Waals surface area contributed by atoms with E-state index in [0.717, 1.165) is 32.4 Å². The second-order valence-electron chi connectivity index (χ2n) is 10.0. The highest BCUT2D eigenvalue weighted by atomic mass is 16.2. The molecule has 4 rings (SSSR count). The van der Waals surface area contributed by atoms with E-state index in [-0.39, 0.29) is 23.8 Å². The molecule has 1 aliphatic carbocycles. The van der Waals surface area contributed by atoms with Crippen LogP contribution in [0.2, 0.25) is 0 Å². The van der Waals surface area contributed by atoms with Crippen LogP contribution in [0.25, 0.3) is 10.9 Å². The van der Waals surface area contributed by atoms with E-state index in [1.165, 1.54) is 32.6 Å². The van der Waals surface area contributed by atoms with Crippen molar-refractivity contribution in [1.29, 1.82) is 0 Å². The lowest BCUT2D eigenvalue weighted by atomic mass is 9.71. The number of aryl methyl sites for hydroxylation is 1. The Balaban J connectivity index is 1.64. The Morgan fingerprint density at radius 2 is 2.09 bits per heavy atom. The van der Waals surface area contributed by atoms with Gasteiger partial charge in [0.2, 0.25) is 5.91 Å². The summed E-state index contributed by atoms with van der Waals surface area (Å²) in [5.41, 5.74) is 5.15. The zero-order chi connectivity index (χ0) is 24.4. The van der Waals surface area contributed by atoms with Gasteiger partial charge in [-0.05, 0) is 70.9 Å². The number of imide groups is 1. The van der Waals surface area contributed by atoms with E-state index in [1.54, 1.807) is 0 Å². The largest absolute Gasteiger partial charge is 0.358 e. The highest BCUT2D eigenvalue weighted by molar-refractivity contribution is 5.96. The minimum atomic E-state index is -0.280. The van der Waals surface area contributed by atoms with Crippen molar-refractivity contribution in [3.63, 3.8) is 0 Å². The van der Waals surface area contributed by atoms with E-state index in [1.807, 2.05) is 27.1 Å². The molecule has 3 amide bonds. The van der Waals surface area contributed by atoms with Crippen LogP contribution in [0.5, 0.6) is 0 Å². The Labute approximate surface area is 203 Å². The smallest absolute Gasteiger partial charge is 0.324 e. The third-order valence-corrected chi connectivity index (χ3v) is 7.45. The van der Waals surface area contributed by atoms with Gasteiger partial charge in [-0.25, -0.2) is 4.79 Å². The Morgan fingerprint density at radius 3 is 2.79 bits per heavy atom. The van der Waals surface area contributed by atoms with E-state index in [0.29, 0.717) is 25.7 Å². The molecule has 2 heterocycles. The molecule has 2 aromatic rings. The van der Waals surface area contributed by atoms with Gasteiger partial charge in [-0.2, -0.15) is 0 Å². The maximum atomic E-state index is 13.8. The summed E-state index contributed by atoms with van der Waals surface area (Å²) in [6, 6.07) is 6.54. The van der Waals surface area contributed by atoms with Crippen LogP contribution >= 0.6 is 0 Å². The number of amides is 3. The average molecular weight is 466 g/mol. The third kappa shape index (κ3) is 4.64. The molecule has 3 atom stereocenters. The second-order valence-corrected chi connectivity index (χ2v) is 10.0. The van der Waals surface area contributed by atoms with E-state index in [2.05, 4.69) is 51.8 Å². The van der Waals surface area contributed by atoms with Crippen molar-refractivity contribution in [2.24, 2.45) is 5.92 Å². The quantitative estimate of drug-likeness (QED) is 0.586. The first-order chi connectivity index (χ1) is 16.3. The number of fused-ring (bicyclic) bond motifs is 2. The fraction of sp³-hybridized carbons (Fsp3) is 0.556. The maximum absolute atomic E-state index is 13.8. The number of nitrogens with zero attached hydrogens (tertiary/aromatic N) is 3. The van der Waals surface area contributed by atoms with Gasteiger partial charge in [0.25, 0.3) is 0 Å². The molecule has 1 unspecified atom stereocenters. The number of carbonyl (C=O) groups is 2. The van der Waals surface area contributed by atoms with E-state index >= 15 is 0 Å². The number of hydrogen-bond donors (Lipinski definition) is 2. The molecule has 1 aromatic heterocycles. The van der Waals surface area contributed by atoms with Crippen molar-refractivity contribution in [2.75, 3.05) is 46.8 Å². The molecule has 2 N–H and O–H groups in total. The maximum Gasteiger partial charge on any atom is 0.324 e. The van der Waals surface area contributed by atoms with Crippen LogP contribution in [-0.2, 0) is 11.2 Å². The number of piperidine rings is 1. The van der Waals surface area contributed by atoms with Crippen molar-refractivity contribution in [3.8, 4) is 0 Å². The number of aromatic nitrogens is 1. The lowest BCUT2D eigenvalue weighted by Crippen LogP contribution is -2.55. The van der Waals surface area contributed by atoms with Gasteiger partial charge in [0.15, 0.2) is 0 Å². The Kier molecular flexibility index (Phi) is 7.43. The summed E-state index contributed by atoms with van der Waals surface area (Å²) >= 11 is 0. The fourth-order valence-electron chi connectivity index (χ4n) is 5.94. The molecule has 0 radical (unpaired) electrons. The van der Waals surface area contributed by atoms with Crippen LogP contribution in [0.1, 0.15) is 42.5 Å². The lowest BCUT2D eigenvalue weighted by molar-refractivity contribution is -0.135. The standard InChI is InChI=1S/C27H39N5O2/c1-6-12-31-17-19(26(33)32(27(34)28-7-2)14-9-13-30(4)5)15-22-20-10-8-11-23-25(20)21(16-24(22)31)18(3)29-23/h6,8,10-11,19,22,24,29H,1,7,9,12-17H2,2-5H3,(H,28,34)/t19-,22?,24-/m1/s1. The average Bonchev–Trinajstić information content (AvgIpc) is 3.13. The van der Waals surface area contributed by atoms with Gasteiger partial charge in [-0.15, -0.1) is 6.58 Å². The van der Waals surface area contributed by atoms with Gasteiger partial charge in [0.05, 0.1) is 5.92 Å². The molecule has 2 aliphatic rings. The first-order valence-electron chi connectivity index (χ1n) is 12.5. The second kappa shape index (κ2) is 10.3. The van der Waals surface area contributed by atoms with Crippen LogP contribution in [-0.4, -0.2) is 84.5 Å². The number of urea groups is 1. The Bertz CT molecular complexity index is 1060. The third-order valence-electron chi connectivity index (χ3n) is 7.45. The molecule has 184 valence electrons. The minimum absolute atomic E-state index is 0.0551.